The number of imidazole rings is 1. The molecule has 0 bridgehead atoms. The number of aromatic nitrogens is 3. The molecule has 0 spiro atoms. The molecular formula is C18H18N4O3S2. The Bertz CT molecular complexity index is 1080. The summed E-state index contributed by atoms with van der Waals surface area (Å²) in [4.78, 5) is 14.9. The number of aliphatic hydroxyl groups is 1. The molecule has 0 aliphatic rings. The van der Waals surface area contributed by atoms with Crippen molar-refractivity contribution in [3.05, 3.63) is 28.9 Å². The van der Waals surface area contributed by atoms with Gasteiger partial charge in [-0.1, -0.05) is 23.1 Å². The van der Waals surface area contributed by atoms with E-state index in [1.807, 2.05) is 6.92 Å². The first-order valence-corrected chi connectivity index (χ1v) is 9.70. The first-order valence-electron chi connectivity index (χ1n) is 8.07. The van der Waals surface area contributed by atoms with Gasteiger partial charge in [-0.15, -0.1) is 0 Å². The average Bonchev–Trinajstić information content (AvgIpc) is 3.14. The molecule has 27 heavy (non-hydrogen) atoms. The predicted molar refractivity (Wildman–Crippen MR) is 104 cm³/mol. The molecule has 0 radical (unpaired) electrons. The zero-order valence-electron chi connectivity index (χ0n) is 15.2. The van der Waals surface area contributed by atoms with Crippen LogP contribution in [0.3, 0.4) is 0 Å². The van der Waals surface area contributed by atoms with Crippen molar-refractivity contribution in [1.82, 2.24) is 14.6 Å². The van der Waals surface area contributed by atoms with Crippen LogP contribution in [0.25, 0.3) is 16.2 Å². The van der Waals surface area contributed by atoms with Gasteiger partial charge in [-0.3, -0.25) is 4.79 Å². The fraction of sp³-hybridized carbons (Fsp3) is 0.333. The smallest absolute Gasteiger partial charge is 0.213 e. The van der Waals surface area contributed by atoms with Crippen molar-refractivity contribution in [3.63, 3.8) is 0 Å². The maximum absolute atomic E-state index is 11.0. The molecule has 0 aliphatic heterocycles. The molecule has 0 saturated carbocycles. The number of nitriles is 1. The number of phenols is 1. The van der Waals surface area contributed by atoms with Crippen LogP contribution in [0, 0.1) is 18.3 Å². The number of carbonyl (C=O) groups is 1. The highest BCUT2D eigenvalue weighted by Gasteiger charge is 2.28. The second kappa shape index (κ2) is 6.64. The first kappa shape index (κ1) is 19.4. The van der Waals surface area contributed by atoms with Crippen molar-refractivity contribution in [2.45, 2.75) is 42.9 Å². The standard InChI is InChI=1S/C18H18N4O3S2/c1-10-14(22-16(20-10)26-15(21-22)17(2,3)8-19)11-5-6-12(24)13(7-11)27-18(4,25)9-23/h5-7,9,24-25H,1-4H3. The Hall–Kier alpha value is -2.41. The maximum Gasteiger partial charge on any atom is 0.213 e. The Morgan fingerprint density at radius 1 is 1.37 bits per heavy atom. The Kier molecular flexibility index (Phi) is 4.76. The SMILES string of the molecule is Cc1nc2sc(C(C)(C)C#N)nn2c1-c1ccc(O)c(SC(C)(O)C=O)c1. The zero-order chi connectivity index (χ0) is 20.0. The Morgan fingerprint density at radius 3 is 2.70 bits per heavy atom. The average molecular weight is 403 g/mol. The minimum absolute atomic E-state index is 0.0335. The number of rotatable bonds is 5. The largest absolute Gasteiger partial charge is 0.507 e. The summed E-state index contributed by atoms with van der Waals surface area (Å²) in [5, 5.41) is 34.7. The third-order valence-corrected chi connectivity index (χ3v) is 6.25. The van der Waals surface area contributed by atoms with Crippen molar-refractivity contribution in [2.75, 3.05) is 0 Å². The van der Waals surface area contributed by atoms with Gasteiger partial charge in [0.1, 0.15) is 16.2 Å². The van der Waals surface area contributed by atoms with Crippen LogP contribution in [-0.2, 0) is 10.2 Å². The number of benzene rings is 1. The van der Waals surface area contributed by atoms with E-state index < -0.39 is 10.3 Å². The van der Waals surface area contributed by atoms with Gasteiger partial charge in [-0.25, -0.2) is 9.50 Å². The zero-order valence-corrected chi connectivity index (χ0v) is 16.9. The molecule has 2 aromatic heterocycles. The van der Waals surface area contributed by atoms with Gasteiger partial charge in [0.25, 0.3) is 0 Å². The number of aromatic hydroxyl groups is 1. The number of aryl methyl sites for hydroxylation is 1. The second-order valence-electron chi connectivity index (χ2n) is 6.84. The number of phenolic OH excluding ortho intramolecular Hbond substituents is 1. The molecule has 0 fully saturated rings. The van der Waals surface area contributed by atoms with E-state index in [1.54, 1.807) is 30.5 Å². The number of hydrogen-bond acceptors (Lipinski definition) is 8. The summed E-state index contributed by atoms with van der Waals surface area (Å²) >= 11 is 2.21. The fourth-order valence-electron chi connectivity index (χ4n) is 2.47. The normalized spacial score (nSPS) is 14.1. The van der Waals surface area contributed by atoms with Crippen molar-refractivity contribution >= 4 is 34.3 Å². The lowest BCUT2D eigenvalue weighted by atomic mass is 9.97. The highest BCUT2D eigenvalue weighted by Crippen LogP contribution is 2.39. The quantitative estimate of drug-likeness (QED) is 0.383. The molecule has 0 amide bonds. The van der Waals surface area contributed by atoms with E-state index in [0.29, 0.717) is 21.2 Å². The van der Waals surface area contributed by atoms with Crippen molar-refractivity contribution in [2.24, 2.45) is 0 Å². The van der Waals surface area contributed by atoms with Crippen molar-refractivity contribution < 1.29 is 15.0 Å². The van der Waals surface area contributed by atoms with Gasteiger partial charge in [0.05, 0.1) is 22.4 Å². The molecule has 2 N–H and O–H groups in total. The van der Waals surface area contributed by atoms with E-state index >= 15 is 0 Å². The minimum atomic E-state index is -1.65. The van der Waals surface area contributed by atoms with Gasteiger partial charge in [0.2, 0.25) is 4.96 Å². The predicted octanol–water partition coefficient (Wildman–Crippen LogP) is 3.27. The number of fused-ring (bicyclic) bond motifs is 1. The van der Waals surface area contributed by atoms with Gasteiger partial charge in [0, 0.05) is 5.56 Å². The molecule has 7 nitrogen and oxygen atoms in total. The van der Waals surface area contributed by atoms with E-state index in [0.717, 1.165) is 28.7 Å². The van der Waals surface area contributed by atoms with E-state index in [4.69, 9.17) is 0 Å². The van der Waals surface area contributed by atoms with E-state index in [-0.39, 0.29) is 5.75 Å². The van der Waals surface area contributed by atoms with Crippen LogP contribution in [0.15, 0.2) is 23.1 Å². The van der Waals surface area contributed by atoms with E-state index in [1.165, 1.54) is 24.3 Å². The molecule has 3 rings (SSSR count). The number of carbonyl (C=O) groups excluding carboxylic acids is 1. The fourth-order valence-corrected chi connectivity index (χ4v) is 4.32. The summed E-state index contributed by atoms with van der Waals surface area (Å²) in [6.45, 7) is 6.81. The van der Waals surface area contributed by atoms with Gasteiger partial charge < -0.3 is 10.2 Å². The lowest BCUT2D eigenvalue weighted by Crippen LogP contribution is -2.20. The van der Waals surface area contributed by atoms with Crippen LogP contribution in [0.2, 0.25) is 0 Å². The highest BCUT2D eigenvalue weighted by molar-refractivity contribution is 8.01. The summed E-state index contributed by atoms with van der Waals surface area (Å²) in [6.07, 6.45) is 0.419. The summed E-state index contributed by atoms with van der Waals surface area (Å²) in [5.41, 5.74) is 1.48. The van der Waals surface area contributed by atoms with Gasteiger partial charge in [0.15, 0.2) is 11.2 Å². The Morgan fingerprint density at radius 2 is 2.07 bits per heavy atom. The van der Waals surface area contributed by atoms with Crippen molar-refractivity contribution in [1.29, 1.82) is 5.26 Å². The highest BCUT2D eigenvalue weighted by atomic mass is 32.2. The molecule has 1 unspecified atom stereocenters. The number of aldehydes is 1. The molecule has 0 saturated heterocycles. The van der Waals surface area contributed by atoms with Crippen molar-refractivity contribution in [3.8, 4) is 23.1 Å². The number of thioether (sulfide) groups is 1. The van der Waals surface area contributed by atoms with Crippen LogP contribution in [-0.4, -0.2) is 36.0 Å². The number of hydrogen-bond donors (Lipinski definition) is 2. The van der Waals surface area contributed by atoms with Gasteiger partial charge in [-0.2, -0.15) is 10.4 Å². The molecule has 0 aliphatic carbocycles. The third kappa shape index (κ3) is 3.56. The number of nitrogens with zero attached hydrogens (tertiary/aromatic N) is 4. The Labute approximate surface area is 164 Å². The molecule has 1 atom stereocenters. The van der Waals surface area contributed by atoms with Gasteiger partial charge in [-0.05, 0) is 45.9 Å². The Balaban J connectivity index is 2.14. The van der Waals surface area contributed by atoms with E-state index in [2.05, 4.69) is 16.2 Å². The first-order chi connectivity index (χ1) is 12.6. The third-order valence-electron chi connectivity index (χ3n) is 3.96. The van der Waals surface area contributed by atoms with Gasteiger partial charge >= 0.3 is 0 Å². The topological polar surface area (TPSA) is 112 Å². The second-order valence-corrected chi connectivity index (χ2v) is 9.27. The molecular weight excluding hydrogens is 384 g/mol. The maximum atomic E-state index is 11.0. The summed E-state index contributed by atoms with van der Waals surface area (Å²) in [7, 11) is 0. The van der Waals surface area contributed by atoms with Crippen LogP contribution < -0.4 is 0 Å². The minimum Gasteiger partial charge on any atom is -0.507 e. The monoisotopic (exact) mass is 402 g/mol. The molecule has 140 valence electrons. The van der Waals surface area contributed by atoms with Crippen LogP contribution in [0.1, 0.15) is 31.5 Å². The summed E-state index contributed by atoms with van der Waals surface area (Å²) in [6, 6.07) is 7.15. The molecule has 3 aromatic rings. The lowest BCUT2D eigenvalue weighted by Gasteiger charge is -2.16. The van der Waals surface area contributed by atoms with E-state index in [9.17, 15) is 20.3 Å². The summed E-state index contributed by atoms with van der Waals surface area (Å²) in [5.74, 6) is -0.0335. The van der Waals surface area contributed by atoms with Crippen LogP contribution >= 0.6 is 23.1 Å². The lowest BCUT2D eigenvalue weighted by molar-refractivity contribution is -0.116. The molecule has 1 aromatic carbocycles. The molecule has 2 heterocycles. The van der Waals surface area contributed by atoms with Crippen LogP contribution in [0.4, 0.5) is 0 Å². The molecule has 9 heteroatoms. The summed E-state index contributed by atoms with van der Waals surface area (Å²) < 4.78 is 1.69. The van der Waals surface area contributed by atoms with Crippen LogP contribution in [0.5, 0.6) is 5.75 Å².